The smallest absolute Gasteiger partial charge is 0.138 e. The molecule has 0 aliphatic rings. The van der Waals surface area contributed by atoms with E-state index in [0.29, 0.717) is 15.9 Å². The van der Waals surface area contributed by atoms with Crippen molar-refractivity contribution in [1.82, 2.24) is 0 Å². The van der Waals surface area contributed by atoms with Crippen LogP contribution in [0.3, 0.4) is 0 Å². The number of nitrogens with two attached hydrogens (primary N) is 1. The van der Waals surface area contributed by atoms with E-state index in [0.717, 1.165) is 5.56 Å². The molecule has 0 aliphatic carbocycles. The Morgan fingerprint density at radius 1 is 1.62 bits per heavy atom. The summed E-state index contributed by atoms with van der Waals surface area (Å²) in [6.45, 7) is 1.88. The van der Waals surface area contributed by atoms with E-state index in [9.17, 15) is 4.39 Å². The van der Waals surface area contributed by atoms with Gasteiger partial charge in [0.1, 0.15) is 5.82 Å². The predicted octanol–water partition coefficient (Wildman–Crippen LogP) is 3.13. The zero-order chi connectivity index (χ0) is 10.0. The van der Waals surface area contributed by atoms with Crippen LogP contribution in [0.25, 0.3) is 0 Å². The summed E-state index contributed by atoms with van der Waals surface area (Å²) in [7, 11) is 0. The lowest BCUT2D eigenvalue weighted by Gasteiger charge is -2.08. The minimum absolute atomic E-state index is 0.0230. The third-order valence-corrected chi connectivity index (χ3v) is 2.59. The van der Waals surface area contributed by atoms with Crippen molar-refractivity contribution >= 4 is 27.5 Å². The normalized spacial score (nSPS) is 13.0. The Bertz CT molecular complexity index is 315. The summed E-state index contributed by atoms with van der Waals surface area (Å²) in [6.07, 6.45) is 0.651. The Hall–Kier alpha value is -0.120. The molecule has 72 valence electrons. The molecule has 0 bridgehead atoms. The van der Waals surface area contributed by atoms with E-state index < -0.39 is 0 Å². The maximum Gasteiger partial charge on any atom is 0.138 e. The molecule has 1 aromatic rings. The Morgan fingerprint density at radius 2 is 2.23 bits per heavy atom. The second kappa shape index (κ2) is 4.40. The number of hydrogen-bond donors (Lipinski definition) is 1. The van der Waals surface area contributed by atoms with Gasteiger partial charge in [0.25, 0.3) is 0 Å². The first-order valence-electron chi connectivity index (χ1n) is 3.89. The van der Waals surface area contributed by atoms with E-state index in [1.807, 2.05) is 6.92 Å². The van der Waals surface area contributed by atoms with E-state index in [1.54, 1.807) is 6.07 Å². The molecule has 0 spiro atoms. The zero-order valence-corrected chi connectivity index (χ0v) is 9.49. The molecular weight excluding hydrogens is 256 g/mol. The average Bonchev–Trinajstić information content (AvgIpc) is 1.99. The lowest BCUT2D eigenvalue weighted by Crippen LogP contribution is -2.18. The van der Waals surface area contributed by atoms with Gasteiger partial charge in [-0.05, 0) is 47.0 Å². The highest BCUT2D eigenvalue weighted by molar-refractivity contribution is 9.10. The summed E-state index contributed by atoms with van der Waals surface area (Å²) in [5.74, 6) is -0.349. The van der Waals surface area contributed by atoms with E-state index >= 15 is 0 Å². The van der Waals surface area contributed by atoms with Crippen LogP contribution < -0.4 is 5.73 Å². The molecule has 4 heteroatoms. The Kier molecular flexibility index (Phi) is 3.71. The number of halogens is 3. The summed E-state index contributed by atoms with van der Waals surface area (Å²) in [4.78, 5) is 0. The molecule has 0 saturated heterocycles. The van der Waals surface area contributed by atoms with Crippen LogP contribution in [0.2, 0.25) is 5.02 Å². The largest absolute Gasteiger partial charge is 0.328 e. The molecule has 0 amide bonds. The zero-order valence-electron chi connectivity index (χ0n) is 7.15. The van der Waals surface area contributed by atoms with E-state index in [2.05, 4.69) is 15.9 Å². The second-order valence-corrected chi connectivity index (χ2v) is 4.30. The summed E-state index contributed by atoms with van der Waals surface area (Å²) in [6, 6.07) is 2.99. The molecule has 0 saturated carbocycles. The van der Waals surface area contributed by atoms with Gasteiger partial charge in [-0.2, -0.15) is 0 Å². The van der Waals surface area contributed by atoms with Gasteiger partial charge in [0.15, 0.2) is 0 Å². The Morgan fingerprint density at radius 3 is 2.77 bits per heavy atom. The van der Waals surface area contributed by atoms with Gasteiger partial charge in [0.05, 0.1) is 4.47 Å². The number of rotatable bonds is 2. The second-order valence-electron chi connectivity index (χ2n) is 3.04. The van der Waals surface area contributed by atoms with Gasteiger partial charge in [-0.15, -0.1) is 0 Å². The van der Waals surface area contributed by atoms with Crippen molar-refractivity contribution in [2.24, 2.45) is 5.73 Å². The first kappa shape index (κ1) is 11.0. The van der Waals surface area contributed by atoms with E-state index in [1.165, 1.54) is 6.07 Å². The van der Waals surface area contributed by atoms with Crippen LogP contribution in [-0.4, -0.2) is 6.04 Å². The van der Waals surface area contributed by atoms with Crippen LogP contribution in [0.15, 0.2) is 16.6 Å². The molecule has 1 rings (SSSR count). The number of hydrogen-bond acceptors (Lipinski definition) is 1. The van der Waals surface area contributed by atoms with Crippen LogP contribution >= 0.6 is 27.5 Å². The minimum Gasteiger partial charge on any atom is -0.328 e. The molecule has 1 unspecified atom stereocenters. The van der Waals surface area contributed by atoms with Crippen LogP contribution in [-0.2, 0) is 6.42 Å². The van der Waals surface area contributed by atoms with Crippen molar-refractivity contribution in [3.05, 3.63) is 33.0 Å². The molecule has 1 aromatic carbocycles. The molecule has 1 nitrogen and oxygen atoms in total. The maximum absolute atomic E-state index is 12.9. The molecule has 1 atom stereocenters. The topological polar surface area (TPSA) is 26.0 Å². The van der Waals surface area contributed by atoms with Crippen LogP contribution in [0.1, 0.15) is 12.5 Å². The van der Waals surface area contributed by atoms with E-state index in [-0.39, 0.29) is 11.9 Å². The van der Waals surface area contributed by atoms with Crippen molar-refractivity contribution < 1.29 is 4.39 Å². The molecule has 2 N–H and O–H groups in total. The van der Waals surface area contributed by atoms with Crippen LogP contribution in [0.4, 0.5) is 4.39 Å². The van der Waals surface area contributed by atoms with Crippen molar-refractivity contribution in [3.63, 3.8) is 0 Å². The van der Waals surface area contributed by atoms with Gasteiger partial charge >= 0.3 is 0 Å². The number of benzene rings is 1. The van der Waals surface area contributed by atoms with Crippen LogP contribution in [0, 0.1) is 5.82 Å². The monoisotopic (exact) mass is 265 g/mol. The quantitative estimate of drug-likeness (QED) is 0.818. The van der Waals surface area contributed by atoms with Gasteiger partial charge in [0, 0.05) is 11.1 Å². The van der Waals surface area contributed by atoms with Gasteiger partial charge in [-0.3, -0.25) is 0 Å². The molecule has 0 aromatic heterocycles. The predicted molar refractivity (Wildman–Crippen MR) is 56.5 cm³/mol. The highest BCUT2D eigenvalue weighted by atomic mass is 79.9. The van der Waals surface area contributed by atoms with Gasteiger partial charge in [-0.25, -0.2) is 4.39 Å². The first-order chi connectivity index (χ1) is 6.00. The third-order valence-electron chi connectivity index (χ3n) is 1.63. The third kappa shape index (κ3) is 2.93. The molecule has 13 heavy (non-hydrogen) atoms. The van der Waals surface area contributed by atoms with E-state index in [4.69, 9.17) is 17.3 Å². The standard InChI is InChI=1S/C9H10BrClFN/c1-5(13)2-6-3-7(10)9(12)4-8(6)11/h3-5H,2,13H2,1H3. The minimum atomic E-state index is -0.349. The Labute approximate surface area is 90.2 Å². The summed E-state index contributed by atoms with van der Waals surface area (Å²) in [5.41, 5.74) is 6.48. The van der Waals surface area contributed by atoms with Gasteiger partial charge in [0.2, 0.25) is 0 Å². The summed E-state index contributed by atoms with van der Waals surface area (Å²) in [5, 5.41) is 0.429. The fraction of sp³-hybridized carbons (Fsp3) is 0.333. The molecule has 0 fully saturated rings. The maximum atomic E-state index is 12.9. The van der Waals surface area contributed by atoms with Crippen molar-refractivity contribution in [2.45, 2.75) is 19.4 Å². The van der Waals surface area contributed by atoms with Crippen LogP contribution in [0.5, 0.6) is 0 Å². The molecular formula is C9H10BrClFN. The average molecular weight is 267 g/mol. The summed E-state index contributed by atoms with van der Waals surface area (Å²) < 4.78 is 13.4. The molecule has 0 radical (unpaired) electrons. The fourth-order valence-electron chi connectivity index (χ4n) is 1.07. The lowest BCUT2D eigenvalue weighted by molar-refractivity contribution is 0.619. The highest BCUT2D eigenvalue weighted by Crippen LogP contribution is 2.25. The molecule has 0 aliphatic heterocycles. The first-order valence-corrected chi connectivity index (χ1v) is 5.07. The SMILES string of the molecule is CC(N)Cc1cc(Br)c(F)cc1Cl. The highest BCUT2D eigenvalue weighted by Gasteiger charge is 2.07. The fourth-order valence-corrected chi connectivity index (χ4v) is 1.69. The van der Waals surface area contributed by atoms with Crippen molar-refractivity contribution in [1.29, 1.82) is 0 Å². The Balaban J connectivity index is 3.01. The molecule has 0 heterocycles. The van der Waals surface area contributed by atoms with Crippen molar-refractivity contribution in [2.75, 3.05) is 0 Å². The van der Waals surface area contributed by atoms with Crippen molar-refractivity contribution in [3.8, 4) is 0 Å². The lowest BCUT2D eigenvalue weighted by atomic mass is 10.1. The summed E-state index contributed by atoms with van der Waals surface area (Å²) >= 11 is 8.92. The van der Waals surface area contributed by atoms with Gasteiger partial charge < -0.3 is 5.73 Å². The van der Waals surface area contributed by atoms with Gasteiger partial charge in [-0.1, -0.05) is 11.6 Å².